The molecule has 0 fully saturated rings. The lowest BCUT2D eigenvalue weighted by Crippen LogP contribution is -2.29. The normalized spacial score (nSPS) is 13.8. The van der Waals surface area contributed by atoms with Crippen molar-refractivity contribution in [1.29, 1.82) is 0 Å². The first-order valence-corrected chi connectivity index (χ1v) is 8.04. The van der Waals surface area contributed by atoms with Gasteiger partial charge in [-0.05, 0) is 50.6 Å². The summed E-state index contributed by atoms with van der Waals surface area (Å²) in [6, 6.07) is 13.5. The quantitative estimate of drug-likeness (QED) is 0.636. The summed E-state index contributed by atoms with van der Waals surface area (Å²) >= 11 is 0. The summed E-state index contributed by atoms with van der Waals surface area (Å²) in [5, 5.41) is 0. The van der Waals surface area contributed by atoms with E-state index in [4.69, 9.17) is 4.74 Å². The molecule has 0 N–H and O–H groups in total. The summed E-state index contributed by atoms with van der Waals surface area (Å²) < 4.78 is 5.32. The van der Waals surface area contributed by atoms with E-state index in [1.54, 1.807) is 48.5 Å². The zero-order valence-corrected chi connectivity index (χ0v) is 14.4. The summed E-state index contributed by atoms with van der Waals surface area (Å²) in [5.74, 6) is -0.992. The maximum atomic E-state index is 12.4. The smallest absolute Gasteiger partial charge is 0.338 e. The third-order valence-corrected chi connectivity index (χ3v) is 3.81. The molecule has 2 aromatic rings. The Morgan fingerprint density at radius 3 is 1.92 bits per heavy atom. The molecule has 0 aliphatic carbocycles. The van der Waals surface area contributed by atoms with Crippen molar-refractivity contribution in [2.45, 2.75) is 32.9 Å². The molecule has 0 aromatic heterocycles. The number of rotatable bonds is 3. The van der Waals surface area contributed by atoms with Crippen molar-refractivity contribution in [3.05, 3.63) is 70.8 Å². The van der Waals surface area contributed by atoms with E-state index in [1.807, 2.05) is 20.8 Å². The Morgan fingerprint density at radius 1 is 0.920 bits per heavy atom. The van der Waals surface area contributed by atoms with Crippen LogP contribution in [0.1, 0.15) is 57.4 Å². The molecule has 3 rings (SSSR count). The zero-order chi connectivity index (χ0) is 18.2. The summed E-state index contributed by atoms with van der Waals surface area (Å²) in [4.78, 5) is 38.0. The molecule has 5 heteroatoms. The number of ether oxygens (including phenoxy) is 1. The second kappa shape index (κ2) is 6.16. The lowest BCUT2D eigenvalue weighted by atomic mass is 10.1. The second-order valence-corrected chi connectivity index (χ2v) is 6.94. The summed E-state index contributed by atoms with van der Waals surface area (Å²) in [6.07, 6.45) is 0. The number of hydrogen-bond acceptors (Lipinski definition) is 4. The number of amides is 2. The van der Waals surface area contributed by atoms with Crippen molar-refractivity contribution in [3.8, 4) is 0 Å². The van der Waals surface area contributed by atoms with Crippen LogP contribution in [0.25, 0.3) is 0 Å². The molecule has 1 heterocycles. The summed E-state index contributed by atoms with van der Waals surface area (Å²) in [5.41, 5.74) is 1.49. The predicted octanol–water partition coefficient (Wildman–Crippen LogP) is 3.44. The first-order chi connectivity index (χ1) is 11.8. The Kier molecular flexibility index (Phi) is 4.17. The van der Waals surface area contributed by atoms with Crippen molar-refractivity contribution >= 4 is 17.8 Å². The van der Waals surface area contributed by atoms with Crippen LogP contribution in [0.5, 0.6) is 0 Å². The van der Waals surface area contributed by atoms with E-state index in [2.05, 4.69) is 0 Å². The highest BCUT2D eigenvalue weighted by Gasteiger charge is 2.34. The third-order valence-electron chi connectivity index (χ3n) is 3.81. The maximum absolute atomic E-state index is 12.4. The Balaban J connectivity index is 1.74. The van der Waals surface area contributed by atoms with Gasteiger partial charge in [0.05, 0.1) is 23.2 Å². The Hall–Kier alpha value is -2.95. The monoisotopic (exact) mass is 337 g/mol. The van der Waals surface area contributed by atoms with Crippen molar-refractivity contribution < 1.29 is 19.1 Å². The van der Waals surface area contributed by atoms with E-state index in [-0.39, 0.29) is 18.4 Å². The van der Waals surface area contributed by atoms with Crippen LogP contribution in [0.4, 0.5) is 0 Å². The number of hydrogen-bond donors (Lipinski definition) is 0. The SMILES string of the molecule is CC(C)(C)OC(=O)c1ccc(CN2C(=O)c3ccccc3C2=O)cc1. The van der Waals surface area contributed by atoms with Gasteiger partial charge in [0.1, 0.15) is 5.60 Å². The van der Waals surface area contributed by atoms with Gasteiger partial charge in [0.15, 0.2) is 0 Å². The minimum atomic E-state index is -0.560. The lowest BCUT2D eigenvalue weighted by molar-refractivity contribution is 0.00691. The van der Waals surface area contributed by atoms with Crippen LogP contribution >= 0.6 is 0 Å². The summed E-state index contributed by atoms with van der Waals surface area (Å²) in [6.45, 7) is 5.59. The lowest BCUT2D eigenvalue weighted by Gasteiger charge is -2.19. The van der Waals surface area contributed by atoms with Gasteiger partial charge >= 0.3 is 5.97 Å². The average Bonchev–Trinajstić information content (AvgIpc) is 2.79. The van der Waals surface area contributed by atoms with Gasteiger partial charge in [0.2, 0.25) is 0 Å². The molecule has 0 saturated carbocycles. The molecule has 5 nitrogen and oxygen atoms in total. The number of carbonyl (C=O) groups excluding carboxylic acids is 3. The van der Waals surface area contributed by atoms with Crippen LogP contribution in [-0.4, -0.2) is 28.3 Å². The fourth-order valence-electron chi connectivity index (χ4n) is 2.65. The van der Waals surface area contributed by atoms with Crippen LogP contribution in [0.2, 0.25) is 0 Å². The molecule has 2 amide bonds. The van der Waals surface area contributed by atoms with Crippen molar-refractivity contribution in [2.75, 3.05) is 0 Å². The van der Waals surface area contributed by atoms with Gasteiger partial charge in [-0.2, -0.15) is 0 Å². The number of imide groups is 1. The predicted molar refractivity (Wildman–Crippen MR) is 92.3 cm³/mol. The van der Waals surface area contributed by atoms with E-state index in [1.165, 1.54) is 4.90 Å². The molecule has 0 spiro atoms. The Labute approximate surface area is 146 Å². The van der Waals surface area contributed by atoms with Gasteiger partial charge in [0.25, 0.3) is 11.8 Å². The molecule has 2 aromatic carbocycles. The molecule has 0 radical (unpaired) electrons. The molecule has 128 valence electrons. The highest BCUT2D eigenvalue weighted by atomic mass is 16.6. The number of benzene rings is 2. The van der Waals surface area contributed by atoms with Crippen LogP contribution in [0.15, 0.2) is 48.5 Å². The highest BCUT2D eigenvalue weighted by Crippen LogP contribution is 2.24. The van der Waals surface area contributed by atoms with E-state index < -0.39 is 11.6 Å². The molecule has 1 aliphatic rings. The van der Waals surface area contributed by atoms with Gasteiger partial charge < -0.3 is 4.74 Å². The van der Waals surface area contributed by atoms with Gasteiger partial charge in [-0.15, -0.1) is 0 Å². The Bertz CT molecular complexity index is 812. The fourth-order valence-corrected chi connectivity index (χ4v) is 2.65. The maximum Gasteiger partial charge on any atom is 0.338 e. The largest absolute Gasteiger partial charge is 0.456 e. The number of carbonyl (C=O) groups is 3. The molecular formula is C20H19NO4. The first kappa shape index (κ1) is 16.9. The minimum absolute atomic E-state index is 0.168. The van der Waals surface area contributed by atoms with Crippen LogP contribution < -0.4 is 0 Å². The molecule has 0 bridgehead atoms. The van der Waals surface area contributed by atoms with E-state index >= 15 is 0 Å². The van der Waals surface area contributed by atoms with Gasteiger partial charge in [-0.3, -0.25) is 14.5 Å². The third kappa shape index (κ3) is 3.45. The summed E-state index contributed by atoms with van der Waals surface area (Å²) in [7, 11) is 0. The van der Waals surface area contributed by atoms with Crippen molar-refractivity contribution in [3.63, 3.8) is 0 Å². The van der Waals surface area contributed by atoms with E-state index in [9.17, 15) is 14.4 Å². The molecular weight excluding hydrogens is 318 g/mol. The van der Waals surface area contributed by atoms with Gasteiger partial charge in [-0.1, -0.05) is 24.3 Å². The topological polar surface area (TPSA) is 63.7 Å². The van der Waals surface area contributed by atoms with E-state index in [0.29, 0.717) is 16.7 Å². The minimum Gasteiger partial charge on any atom is -0.456 e. The molecule has 25 heavy (non-hydrogen) atoms. The molecule has 0 unspecified atom stereocenters. The van der Waals surface area contributed by atoms with Crippen LogP contribution in [0.3, 0.4) is 0 Å². The Morgan fingerprint density at radius 2 is 1.44 bits per heavy atom. The van der Waals surface area contributed by atoms with Gasteiger partial charge in [0, 0.05) is 0 Å². The second-order valence-electron chi connectivity index (χ2n) is 6.94. The highest BCUT2D eigenvalue weighted by molar-refractivity contribution is 6.21. The standard InChI is InChI=1S/C20H19NO4/c1-20(2,3)25-19(24)14-10-8-13(9-11-14)12-21-17(22)15-6-4-5-7-16(15)18(21)23/h4-11H,12H2,1-3H3. The van der Waals surface area contributed by atoms with Crippen molar-refractivity contribution in [1.82, 2.24) is 4.90 Å². The van der Waals surface area contributed by atoms with Crippen molar-refractivity contribution in [2.24, 2.45) is 0 Å². The van der Waals surface area contributed by atoms with Crippen LogP contribution in [0, 0.1) is 0 Å². The molecule has 0 atom stereocenters. The molecule has 0 saturated heterocycles. The first-order valence-electron chi connectivity index (χ1n) is 8.04. The zero-order valence-electron chi connectivity index (χ0n) is 14.4. The number of esters is 1. The number of nitrogens with zero attached hydrogens (tertiary/aromatic N) is 1. The number of fused-ring (bicyclic) bond motifs is 1. The molecule has 1 aliphatic heterocycles. The average molecular weight is 337 g/mol. The van der Waals surface area contributed by atoms with Crippen LogP contribution in [-0.2, 0) is 11.3 Å². The fraction of sp³-hybridized carbons (Fsp3) is 0.250. The van der Waals surface area contributed by atoms with Gasteiger partial charge in [-0.25, -0.2) is 4.79 Å². The van der Waals surface area contributed by atoms with E-state index in [0.717, 1.165) is 5.56 Å².